The minimum absolute atomic E-state index is 0.219. The van der Waals surface area contributed by atoms with Crippen LogP contribution in [0.25, 0.3) is 0 Å². The third-order valence-corrected chi connectivity index (χ3v) is 4.26. The van der Waals surface area contributed by atoms with E-state index in [0.29, 0.717) is 18.9 Å². The van der Waals surface area contributed by atoms with E-state index in [2.05, 4.69) is 21.3 Å². The molecule has 129 valence electrons. The highest BCUT2D eigenvalue weighted by molar-refractivity contribution is 6.10. The van der Waals surface area contributed by atoms with Crippen LogP contribution in [0.4, 0.5) is 11.4 Å². The Labute approximate surface area is 151 Å². The number of benzene rings is 2. The lowest BCUT2D eigenvalue weighted by Gasteiger charge is -2.22. The lowest BCUT2D eigenvalue weighted by atomic mass is 10.2. The van der Waals surface area contributed by atoms with Gasteiger partial charge in [0.05, 0.1) is 0 Å². The van der Waals surface area contributed by atoms with Crippen molar-refractivity contribution in [1.82, 2.24) is 4.90 Å². The van der Waals surface area contributed by atoms with Crippen LogP contribution in [0.1, 0.15) is 5.56 Å². The first-order valence-electron chi connectivity index (χ1n) is 8.40. The predicted molar refractivity (Wildman–Crippen MR) is 104 cm³/mol. The summed E-state index contributed by atoms with van der Waals surface area (Å²) in [5.74, 6) is 0.539. The Kier molecular flexibility index (Phi) is 4.35. The van der Waals surface area contributed by atoms with Crippen molar-refractivity contribution in [3.05, 3.63) is 84.3 Å². The van der Waals surface area contributed by atoms with Crippen LogP contribution >= 0.6 is 0 Å². The van der Waals surface area contributed by atoms with Gasteiger partial charge < -0.3 is 11.1 Å². The van der Waals surface area contributed by atoms with E-state index >= 15 is 0 Å². The van der Waals surface area contributed by atoms with Gasteiger partial charge in [-0.1, -0.05) is 35.2 Å². The van der Waals surface area contributed by atoms with Crippen molar-refractivity contribution in [2.45, 2.75) is 6.54 Å². The number of nitrogens with zero attached hydrogens (tertiary/aromatic N) is 3. The molecule has 1 radical (unpaired) electrons. The van der Waals surface area contributed by atoms with Crippen LogP contribution in [0, 0.1) is 0 Å². The molecular weight excluding hydrogens is 326 g/mol. The van der Waals surface area contributed by atoms with Crippen molar-refractivity contribution in [2.75, 3.05) is 16.9 Å². The van der Waals surface area contributed by atoms with Gasteiger partial charge in [-0.3, -0.25) is 9.69 Å². The summed E-state index contributed by atoms with van der Waals surface area (Å²) >= 11 is 0. The van der Waals surface area contributed by atoms with Gasteiger partial charge in [0, 0.05) is 30.2 Å². The smallest absolute Gasteiger partial charge is 0.285 e. The number of para-hydroxylation sites is 1. The normalized spacial score (nSPS) is 16.1. The lowest BCUT2D eigenvalue weighted by molar-refractivity contribution is -0.112. The Morgan fingerprint density at radius 3 is 2.85 bits per heavy atom. The van der Waals surface area contributed by atoms with Gasteiger partial charge in [-0.25, -0.2) is 0 Å². The molecule has 0 spiro atoms. The number of amidine groups is 1. The summed E-state index contributed by atoms with van der Waals surface area (Å²) < 4.78 is 0. The van der Waals surface area contributed by atoms with E-state index in [-0.39, 0.29) is 5.91 Å². The fourth-order valence-corrected chi connectivity index (χ4v) is 2.90. The van der Waals surface area contributed by atoms with Gasteiger partial charge in [-0.05, 0) is 29.8 Å². The number of nitrogens with two attached hydrogens (primary N) is 1. The van der Waals surface area contributed by atoms with E-state index < -0.39 is 0 Å². The SMILES string of the molecule is NCc1cccc(N2C=CC3=NC(C(=O)Nc4ccccc4)=C[N+]3C2)c1. The number of hydrogen-bond donors (Lipinski definition) is 2. The van der Waals surface area contributed by atoms with Crippen LogP contribution in [-0.2, 0) is 11.3 Å². The second-order valence-electron chi connectivity index (χ2n) is 6.08. The summed E-state index contributed by atoms with van der Waals surface area (Å²) in [7, 11) is 0. The first-order chi connectivity index (χ1) is 12.7. The minimum atomic E-state index is -0.219. The van der Waals surface area contributed by atoms with Crippen LogP contribution in [0.15, 0.2) is 83.8 Å². The van der Waals surface area contributed by atoms with Gasteiger partial charge in [0.25, 0.3) is 11.7 Å². The highest BCUT2D eigenvalue weighted by atomic mass is 16.2. The van der Waals surface area contributed by atoms with E-state index in [4.69, 9.17) is 5.73 Å². The second kappa shape index (κ2) is 6.95. The molecule has 0 bridgehead atoms. The molecule has 0 saturated carbocycles. The molecular formula is C20H19N5O+. The Hall–Kier alpha value is -3.22. The standard InChI is InChI=1S/C20H19N5O/c21-12-15-5-4-8-17(11-15)24-10-9-19-23-18(13-25(19)14-24)20(26)22-16-6-2-1-3-7-16/h1-11,13H,12,14,21H2,(H,22,26)/q+1. The number of nitrogens with one attached hydrogen (secondary N) is 1. The molecule has 6 heteroatoms. The van der Waals surface area contributed by atoms with E-state index in [1.165, 1.54) is 0 Å². The average Bonchev–Trinajstić information content (AvgIpc) is 3.12. The molecule has 26 heavy (non-hydrogen) atoms. The number of aliphatic imine (C=N–C) groups is 1. The van der Waals surface area contributed by atoms with E-state index in [1.807, 2.05) is 65.7 Å². The van der Waals surface area contributed by atoms with Crippen LogP contribution in [0.5, 0.6) is 0 Å². The van der Waals surface area contributed by atoms with Crippen molar-refractivity contribution in [1.29, 1.82) is 0 Å². The number of fused-ring (bicyclic) bond motifs is 1. The fraction of sp³-hybridized carbons (Fsp3) is 0.100. The minimum Gasteiger partial charge on any atom is -0.326 e. The molecule has 0 fully saturated rings. The topological polar surface area (TPSA) is 76.6 Å². The molecule has 0 unspecified atom stereocenters. The Balaban J connectivity index is 1.49. The Morgan fingerprint density at radius 1 is 1.19 bits per heavy atom. The number of anilines is 2. The van der Waals surface area contributed by atoms with Crippen LogP contribution in [-0.4, -0.2) is 18.4 Å². The van der Waals surface area contributed by atoms with Gasteiger partial charge in [0.1, 0.15) is 0 Å². The number of hydrogen-bond acceptors (Lipinski definition) is 5. The molecule has 0 aliphatic carbocycles. The maximum absolute atomic E-state index is 12.4. The van der Waals surface area contributed by atoms with Crippen LogP contribution in [0.2, 0.25) is 0 Å². The molecule has 0 aromatic heterocycles. The summed E-state index contributed by atoms with van der Waals surface area (Å²) in [4.78, 5) is 20.9. The van der Waals surface area contributed by atoms with E-state index in [1.54, 1.807) is 6.20 Å². The van der Waals surface area contributed by atoms with E-state index in [0.717, 1.165) is 22.8 Å². The number of amides is 1. The highest BCUT2D eigenvalue weighted by Gasteiger charge is 2.35. The summed E-state index contributed by atoms with van der Waals surface area (Å²) in [6.45, 7) is 1.09. The maximum Gasteiger partial charge on any atom is 0.285 e. The molecule has 0 saturated heterocycles. The molecule has 2 aromatic rings. The monoisotopic (exact) mass is 345 g/mol. The van der Waals surface area contributed by atoms with Crippen molar-refractivity contribution >= 4 is 23.1 Å². The van der Waals surface area contributed by atoms with Crippen molar-refractivity contribution < 1.29 is 4.79 Å². The fourth-order valence-electron chi connectivity index (χ4n) is 2.90. The van der Waals surface area contributed by atoms with Crippen molar-refractivity contribution in [3.63, 3.8) is 0 Å². The molecule has 3 N–H and O–H groups in total. The summed E-state index contributed by atoms with van der Waals surface area (Å²) in [5, 5.41) is 2.86. The predicted octanol–water partition coefficient (Wildman–Crippen LogP) is 2.47. The first-order valence-corrected chi connectivity index (χ1v) is 8.40. The van der Waals surface area contributed by atoms with Crippen LogP contribution in [0.3, 0.4) is 0 Å². The zero-order valence-corrected chi connectivity index (χ0v) is 14.2. The molecule has 2 aliphatic rings. The van der Waals surface area contributed by atoms with Gasteiger partial charge in [0.15, 0.2) is 11.9 Å². The van der Waals surface area contributed by atoms with Crippen molar-refractivity contribution in [3.8, 4) is 0 Å². The van der Waals surface area contributed by atoms with Gasteiger partial charge in [-0.15, -0.1) is 0 Å². The maximum atomic E-state index is 12.4. The summed E-state index contributed by atoms with van der Waals surface area (Å²) in [6.07, 6.45) is 5.64. The van der Waals surface area contributed by atoms with Crippen molar-refractivity contribution in [2.24, 2.45) is 10.7 Å². The molecule has 1 amide bonds. The zero-order valence-electron chi connectivity index (χ0n) is 14.2. The lowest BCUT2D eigenvalue weighted by Crippen LogP contribution is -2.41. The molecule has 2 aliphatic heterocycles. The molecule has 6 nitrogen and oxygen atoms in total. The third kappa shape index (κ3) is 3.28. The molecule has 2 aromatic carbocycles. The summed E-state index contributed by atoms with van der Waals surface area (Å²) in [6, 6.07) is 17.5. The Bertz CT molecular complexity index is 917. The highest BCUT2D eigenvalue weighted by Crippen LogP contribution is 2.22. The largest absolute Gasteiger partial charge is 0.326 e. The number of rotatable bonds is 4. The quantitative estimate of drug-likeness (QED) is 0.836. The second-order valence-corrected chi connectivity index (χ2v) is 6.08. The zero-order chi connectivity index (χ0) is 17.9. The number of carbonyl (C=O) groups excluding carboxylic acids is 1. The third-order valence-electron chi connectivity index (χ3n) is 4.26. The molecule has 4 rings (SSSR count). The van der Waals surface area contributed by atoms with Gasteiger partial charge in [0.2, 0.25) is 6.67 Å². The molecule has 2 heterocycles. The Morgan fingerprint density at radius 2 is 2.04 bits per heavy atom. The van der Waals surface area contributed by atoms with E-state index in [9.17, 15) is 4.79 Å². The van der Waals surface area contributed by atoms with Gasteiger partial charge in [-0.2, -0.15) is 4.99 Å². The first kappa shape index (κ1) is 16.3. The number of carbonyl (C=O) groups is 1. The average molecular weight is 345 g/mol. The summed E-state index contributed by atoms with van der Waals surface area (Å²) in [5.41, 5.74) is 9.01. The molecule has 0 atom stereocenters. The van der Waals surface area contributed by atoms with Crippen LogP contribution < -0.4 is 20.9 Å². The van der Waals surface area contributed by atoms with Gasteiger partial charge >= 0.3 is 0 Å².